The lowest BCUT2D eigenvalue weighted by atomic mass is 9.69. The fourth-order valence-corrected chi connectivity index (χ4v) is 7.95. The van der Waals surface area contributed by atoms with Crippen molar-refractivity contribution >= 4 is 22.0 Å². The summed E-state index contributed by atoms with van der Waals surface area (Å²) in [4.78, 5) is 12.7. The van der Waals surface area contributed by atoms with Crippen LogP contribution in [0.2, 0.25) is 0 Å². The first-order chi connectivity index (χ1) is 12.1. The van der Waals surface area contributed by atoms with Gasteiger partial charge in [-0.3, -0.25) is 4.79 Å². The number of amides is 1. The largest absolute Gasteiger partial charge is 0.269 e. The van der Waals surface area contributed by atoms with Crippen LogP contribution in [-0.4, -0.2) is 30.4 Å². The summed E-state index contributed by atoms with van der Waals surface area (Å²) < 4.78 is 52.9. The maximum atomic E-state index is 13.3. The Hall–Kier alpha value is -1.76. The van der Waals surface area contributed by atoms with Gasteiger partial charge in [-0.25, -0.2) is 21.5 Å². The van der Waals surface area contributed by atoms with Crippen molar-refractivity contribution < 1.29 is 22.0 Å². The number of halogens is 2. The minimum atomic E-state index is -3.68. The molecule has 4 nitrogen and oxygen atoms in total. The molecule has 1 aliphatic heterocycles. The molecule has 3 aliphatic rings. The van der Waals surface area contributed by atoms with Crippen molar-refractivity contribution in [3.8, 4) is 0 Å². The minimum absolute atomic E-state index is 0.0128. The Bertz CT molecular complexity index is 925. The highest BCUT2D eigenvalue weighted by atomic mass is 32.2. The SMILES string of the molecule is CC1(C)C2CC[C@]13CS(=O)(=O)N(C(=O)C=Cc1ccc(F)c(F)c1)C3C2. The van der Waals surface area contributed by atoms with E-state index in [9.17, 15) is 22.0 Å². The average Bonchev–Trinajstić information content (AvgIpc) is 3.03. The van der Waals surface area contributed by atoms with E-state index < -0.39 is 27.6 Å². The van der Waals surface area contributed by atoms with E-state index in [1.807, 2.05) is 0 Å². The highest BCUT2D eigenvalue weighted by Gasteiger charge is 2.72. The number of fused-ring (bicyclic) bond motifs is 1. The molecule has 1 heterocycles. The van der Waals surface area contributed by atoms with Crippen LogP contribution in [0.5, 0.6) is 0 Å². The summed E-state index contributed by atoms with van der Waals surface area (Å²) in [6.07, 6.45) is 5.00. The van der Waals surface area contributed by atoms with Crippen LogP contribution in [0.15, 0.2) is 24.3 Å². The maximum absolute atomic E-state index is 13.3. The molecule has 2 bridgehead atoms. The third kappa shape index (κ3) is 2.22. The molecule has 0 N–H and O–H groups in total. The standard InChI is InChI=1S/C19H21F2NO3S/c1-18(2)13-7-8-19(18)11-26(24,25)22(16(19)10-13)17(23)6-4-12-3-5-14(20)15(21)9-12/h3-6,9,13,16H,7-8,10-11H2,1-2H3/t13?,16?,19-/m1/s1. The van der Waals surface area contributed by atoms with Gasteiger partial charge >= 0.3 is 0 Å². The Balaban J connectivity index is 1.64. The molecular formula is C19H21F2NO3S. The zero-order valence-electron chi connectivity index (χ0n) is 14.7. The normalized spacial score (nSPS) is 33.8. The summed E-state index contributed by atoms with van der Waals surface area (Å²) in [5.41, 5.74) is -0.178. The van der Waals surface area contributed by atoms with Crippen LogP contribution < -0.4 is 0 Å². The number of nitrogens with zero attached hydrogens (tertiary/aromatic N) is 1. The average molecular weight is 381 g/mol. The molecule has 2 saturated carbocycles. The molecule has 1 spiro atoms. The second kappa shape index (κ2) is 5.38. The van der Waals surface area contributed by atoms with Crippen molar-refractivity contribution in [2.24, 2.45) is 16.7 Å². The summed E-state index contributed by atoms with van der Waals surface area (Å²) in [6, 6.07) is 2.98. The highest BCUT2D eigenvalue weighted by Crippen LogP contribution is 2.69. The van der Waals surface area contributed by atoms with Crippen LogP contribution in [0, 0.1) is 28.4 Å². The summed E-state index contributed by atoms with van der Waals surface area (Å²) >= 11 is 0. The van der Waals surface area contributed by atoms with Crippen LogP contribution in [-0.2, 0) is 14.8 Å². The molecule has 0 radical (unpaired) electrons. The Morgan fingerprint density at radius 2 is 2.00 bits per heavy atom. The number of benzene rings is 1. The van der Waals surface area contributed by atoms with E-state index in [0.29, 0.717) is 17.9 Å². The van der Waals surface area contributed by atoms with Crippen molar-refractivity contribution in [3.63, 3.8) is 0 Å². The fraction of sp³-hybridized carbons (Fsp3) is 0.526. The van der Waals surface area contributed by atoms with E-state index in [0.717, 1.165) is 35.4 Å². The molecule has 4 rings (SSSR count). The zero-order valence-corrected chi connectivity index (χ0v) is 15.5. The van der Waals surface area contributed by atoms with Crippen molar-refractivity contribution in [2.75, 3.05) is 5.75 Å². The Morgan fingerprint density at radius 3 is 2.65 bits per heavy atom. The summed E-state index contributed by atoms with van der Waals surface area (Å²) in [5, 5.41) is 0. The lowest BCUT2D eigenvalue weighted by molar-refractivity contribution is -0.123. The molecule has 140 valence electrons. The third-order valence-electron chi connectivity index (χ3n) is 6.99. The second-order valence-electron chi connectivity index (χ2n) is 8.26. The van der Waals surface area contributed by atoms with Crippen molar-refractivity contribution in [1.82, 2.24) is 4.31 Å². The first-order valence-electron chi connectivity index (χ1n) is 8.78. The predicted octanol–water partition coefficient (Wildman–Crippen LogP) is 3.34. The summed E-state index contributed by atoms with van der Waals surface area (Å²) in [5.74, 6) is -2.16. The van der Waals surface area contributed by atoms with Gasteiger partial charge in [0, 0.05) is 11.5 Å². The van der Waals surface area contributed by atoms with E-state index >= 15 is 0 Å². The number of hydrogen-bond donors (Lipinski definition) is 0. The molecule has 1 amide bonds. The smallest absolute Gasteiger partial charge is 0.260 e. The minimum Gasteiger partial charge on any atom is -0.269 e. The van der Waals surface area contributed by atoms with Crippen LogP contribution in [0.25, 0.3) is 6.08 Å². The quantitative estimate of drug-likeness (QED) is 0.739. The number of sulfonamides is 1. The molecule has 1 aromatic carbocycles. The summed E-state index contributed by atoms with van der Waals surface area (Å²) in [7, 11) is -3.68. The second-order valence-corrected chi connectivity index (χ2v) is 10.1. The molecule has 7 heteroatoms. The number of hydrogen-bond acceptors (Lipinski definition) is 3. The van der Waals surface area contributed by atoms with Crippen LogP contribution in [0.4, 0.5) is 8.78 Å². The van der Waals surface area contributed by atoms with Crippen molar-refractivity contribution in [3.05, 3.63) is 41.5 Å². The molecule has 26 heavy (non-hydrogen) atoms. The van der Waals surface area contributed by atoms with Gasteiger partial charge in [-0.05, 0) is 54.4 Å². The van der Waals surface area contributed by atoms with E-state index in [4.69, 9.17) is 0 Å². The van der Waals surface area contributed by atoms with E-state index in [-0.39, 0.29) is 22.6 Å². The molecule has 3 atom stereocenters. The van der Waals surface area contributed by atoms with E-state index in [2.05, 4.69) is 13.8 Å². The molecule has 3 fully saturated rings. The van der Waals surface area contributed by atoms with Gasteiger partial charge in [-0.2, -0.15) is 0 Å². The lowest BCUT2D eigenvalue weighted by Gasteiger charge is -2.36. The zero-order chi connectivity index (χ0) is 18.9. The van der Waals surface area contributed by atoms with Gasteiger partial charge < -0.3 is 0 Å². The molecule has 1 aromatic rings. The monoisotopic (exact) mass is 381 g/mol. The van der Waals surface area contributed by atoms with Gasteiger partial charge in [0.1, 0.15) is 0 Å². The number of carbonyl (C=O) groups is 1. The Labute approximate surface area is 151 Å². The van der Waals surface area contributed by atoms with Gasteiger partial charge in [-0.15, -0.1) is 0 Å². The van der Waals surface area contributed by atoms with Crippen LogP contribution in [0.1, 0.15) is 38.7 Å². The van der Waals surface area contributed by atoms with Crippen LogP contribution in [0.3, 0.4) is 0 Å². The van der Waals surface area contributed by atoms with E-state index in [1.165, 1.54) is 12.1 Å². The fourth-order valence-electron chi connectivity index (χ4n) is 5.44. The number of carbonyl (C=O) groups excluding carboxylic acids is 1. The first kappa shape index (κ1) is 17.6. The van der Waals surface area contributed by atoms with Crippen molar-refractivity contribution in [1.29, 1.82) is 0 Å². The topological polar surface area (TPSA) is 54.5 Å². The first-order valence-corrected chi connectivity index (χ1v) is 10.4. The lowest BCUT2D eigenvalue weighted by Crippen LogP contribution is -2.43. The predicted molar refractivity (Wildman–Crippen MR) is 93.4 cm³/mol. The van der Waals surface area contributed by atoms with Gasteiger partial charge in [0.25, 0.3) is 5.91 Å². The Kier molecular flexibility index (Phi) is 3.65. The van der Waals surface area contributed by atoms with Gasteiger partial charge in [-0.1, -0.05) is 19.9 Å². The van der Waals surface area contributed by atoms with E-state index in [1.54, 1.807) is 0 Å². The number of rotatable bonds is 2. The van der Waals surface area contributed by atoms with Crippen LogP contribution >= 0.6 is 0 Å². The third-order valence-corrected chi connectivity index (χ3v) is 8.90. The highest BCUT2D eigenvalue weighted by molar-refractivity contribution is 7.90. The Morgan fingerprint density at radius 1 is 1.27 bits per heavy atom. The molecule has 1 saturated heterocycles. The van der Waals surface area contributed by atoms with Crippen molar-refractivity contribution in [2.45, 2.75) is 39.2 Å². The molecule has 2 aliphatic carbocycles. The molecular weight excluding hydrogens is 360 g/mol. The van der Waals surface area contributed by atoms with Gasteiger partial charge in [0.05, 0.1) is 11.8 Å². The molecule has 0 aromatic heterocycles. The van der Waals surface area contributed by atoms with Gasteiger partial charge in [0.2, 0.25) is 10.0 Å². The molecule has 2 unspecified atom stereocenters. The van der Waals surface area contributed by atoms with Gasteiger partial charge in [0.15, 0.2) is 11.6 Å². The maximum Gasteiger partial charge on any atom is 0.260 e. The summed E-state index contributed by atoms with van der Waals surface area (Å²) in [6.45, 7) is 4.23.